The fraction of sp³-hybridized carbons (Fsp3) is 0.278. The maximum Gasteiger partial charge on any atom is 0.335 e. The van der Waals surface area contributed by atoms with E-state index in [1.807, 2.05) is 0 Å². The van der Waals surface area contributed by atoms with Crippen molar-refractivity contribution in [3.05, 3.63) is 59.5 Å². The number of hydrogen-bond donors (Lipinski definition) is 2. The van der Waals surface area contributed by atoms with E-state index in [2.05, 4.69) is 5.32 Å². The van der Waals surface area contributed by atoms with Crippen LogP contribution >= 0.6 is 0 Å². The highest BCUT2D eigenvalue weighted by Gasteiger charge is 2.26. The molecule has 1 saturated heterocycles. The van der Waals surface area contributed by atoms with Crippen LogP contribution in [0.4, 0.5) is 0 Å². The number of carboxylic acid groups (broad SMARTS) is 1. The fourth-order valence-corrected chi connectivity index (χ4v) is 2.85. The number of benzene rings is 1. The maximum absolute atomic E-state index is 12.3. The van der Waals surface area contributed by atoms with Crippen LogP contribution in [0.3, 0.4) is 0 Å². The van der Waals surface area contributed by atoms with Crippen molar-refractivity contribution in [2.45, 2.75) is 18.9 Å². The molecule has 0 radical (unpaired) electrons. The molecular formula is C18H18N2O5. The van der Waals surface area contributed by atoms with Crippen molar-refractivity contribution in [1.29, 1.82) is 0 Å². The van der Waals surface area contributed by atoms with Gasteiger partial charge in [-0.3, -0.25) is 9.59 Å². The minimum absolute atomic E-state index is 0.0540. The maximum atomic E-state index is 12.3. The van der Waals surface area contributed by atoms with E-state index in [1.54, 1.807) is 29.2 Å². The summed E-state index contributed by atoms with van der Waals surface area (Å²) in [6.45, 7) is 1.05. The van der Waals surface area contributed by atoms with Gasteiger partial charge in [0.05, 0.1) is 11.8 Å². The Morgan fingerprint density at radius 2 is 1.80 bits per heavy atom. The van der Waals surface area contributed by atoms with Gasteiger partial charge in [-0.25, -0.2) is 4.79 Å². The lowest BCUT2D eigenvalue weighted by Gasteiger charge is -2.31. The van der Waals surface area contributed by atoms with Crippen molar-refractivity contribution < 1.29 is 23.9 Å². The summed E-state index contributed by atoms with van der Waals surface area (Å²) in [5.41, 5.74) is 0.389. The second-order valence-electron chi connectivity index (χ2n) is 5.90. The molecule has 0 aliphatic carbocycles. The lowest BCUT2D eigenvalue weighted by atomic mass is 10.0. The molecule has 1 aliphatic rings. The van der Waals surface area contributed by atoms with Gasteiger partial charge in [0.25, 0.3) is 11.8 Å². The van der Waals surface area contributed by atoms with E-state index >= 15 is 0 Å². The number of carboxylic acids is 1. The standard InChI is InChI=1S/C18H18N2O5/c21-16(12-3-1-4-13(11-12)18(23)24)19-14-6-8-20(9-7-14)17(22)15-5-2-10-25-15/h1-5,10-11,14H,6-9H2,(H,19,21)(H,23,24). The molecule has 2 N–H and O–H groups in total. The number of piperidine rings is 1. The molecule has 1 aromatic carbocycles. The van der Waals surface area contributed by atoms with Gasteiger partial charge in [0.15, 0.2) is 5.76 Å². The van der Waals surface area contributed by atoms with E-state index in [0.29, 0.717) is 37.3 Å². The lowest BCUT2D eigenvalue weighted by molar-refractivity contribution is 0.0665. The van der Waals surface area contributed by atoms with Gasteiger partial charge < -0.3 is 19.7 Å². The summed E-state index contributed by atoms with van der Waals surface area (Å²) in [6.07, 6.45) is 2.74. The Morgan fingerprint density at radius 3 is 2.44 bits per heavy atom. The highest BCUT2D eigenvalue weighted by Crippen LogP contribution is 2.15. The minimum Gasteiger partial charge on any atom is -0.478 e. The van der Waals surface area contributed by atoms with Crippen molar-refractivity contribution in [2.24, 2.45) is 0 Å². The molecule has 1 fully saturated rings. The first-order valence-corrected chi connectivity index (χ1v) is 8.01. The number of furan rings is 1. The van der Waals surface area contributed by atoms with E-state index < -0.39 is 5.97 Å². The molecule has 1 aromatic heterocycles. The zero-order valence-electron chi connectivity index (χ0n) is 13.5. The molecule has 2 amide bonds. The molecule has 0 unspecified atom stereocenters. The van der Waals surface area contributed by atoms with Gasteiger partial charge in [-0.05, 0) is 43.2 Å². The molecule has 2 heterocycles. The van der Waals surface area contributed by atoms with E-state index in [9.17, 15) is 14.4 Å². The number of nitrogens with one attached hydrogen (secondary N) is 1. The Kier molecular flexibility index (Phi) is 4.83. The summed E-state index contributed by atoms with van der Waals surface area (Å²) in [5.74, 6) is -1.21. The number of nitrogens with zero attached hydrogens (tertiary/aromatic N) is 1. The molecule has 7 heteroatoms. The van der Waals surface area contributed by atoms with Crippen LogP contribution in [-0.2, 0) is 0 Å². The molecule has 3 rings (SSSR count). The first-order chi connectivity index (χ1) is 12.0. The highest BCUT2D eigenvalue weighted by atomic mass is 16.4. The summed E-state index contributed by atoms with van der Waals surface area (Å²) >= 11 is 0. The zero-order valence-corrected chi connectivity index (χ0v) is 13.5. The molecule has 130 valence electrons. The predicted molar refractivity (Wildman–Crippen MR) is 88.5 cm³/mol. The molecule has 0 spiro atoms. The van der Waals surface area contributed by atoms with Crippen LogP contribution in [-0.4, -0.2) is 46.9 Å². The second-order valence-corrected chi connectivity index (χ2v) is 5.90. The highest BCUT2D eigenvalue weighted by molar-refractivity contribution is 5.97. The van der Waals surface area contributed by atoms with Gasteiger partial charge in [-0.2, -0.15) is 0 Å². The van der Waals surface area contributed by atoms with Crippen LogP contribution in [0, 0.1) is 0 Å². The molecule has 0 saturated carbocycles. The van der Waals surface area contributed by atoms with E-state index in [4.69, 9.17) is 9.52 Å². The van der Waals surface area contributed by atoms with E-state index in [1.165, 1.54) is 18.4 Å². The van der Waals surface area contributed by atoms with Crippen LogP contribution in [0.25, 0.3) is 0 Å². The topological polar surface area (TPSA) is 99.8 Å². The Balaban J connectivity index is 1.55. The quantitative estimate of drug-likeness (QED) is 0.885. The average molecular weight is 342 g/mol. The fourth-order valence-electron chi connectivity index (χ4n) is 2.85. The Labute approximate surface area is 144 Å². The van der Waals surface area contributed by atoms with Gasteiger partial charge >= 0.3 is 5.97 Å². The first-order valence-electron chi connectivity index (χ1n) is 8.01. The number of carbonyl (C=O) groups excluding carboxylic acids is 2. The van der Waals surface area contributed by atoms with Crippen molar-refractivity contribution in [3.63, 3.8) is 0 Å². The van der Waals surface area contributed by atoms with E-state index in [0.717, 1.165) is 0 Å². The van der Waals surface area contributed by atoms with Crippen LogP contribution in [0.2, 0.25) is 0 Å². The van der Waals surface area contributed by atoms with Crippen molar-refractivity contribution >= 4 is 17.8 Å². The molecule has 0 atom stereocenters. The number of likely N-dealkylation sites (tertiary alicyclic amines) is 1. The molecule has 7 nitrogen and oxygen atoms in total. The number of aromatic carboxylic acids is 1. The van der Waals surface area contributed by atoms with Gasteiger partial charge in [0.2, 0.25) is 0 Å². The Hall–Kier alpha value is -3.09. The van der Waals surface area contributed by atoms with Crippen molar-refractivity contribution in [2.75, 3.05) is 13.1 Å². The largest absolute Gasteiger partial charge is 0.478 e. The number of rotatable bonds is 4. The Morgan fingerprint density at radius 1 is 1.08 bits per heavy atom. The van der Waals surface area contributed by atoms with Gasteiger partial charge in [0, 0.05) is 24.7 Å². The van der Waals surface area contributed by atoms with E-state index in [-0.39, 0.29) is 23.4 Å². The van der Waals surface area contributed by atoms with Crippen LogP contribution in [0.5, 0.6) is 0 Å². The van der Waals surface area contributed by atoms with Gasteiger partial charge in [-0.1, -0.05) is 6.07 Å². The summed E-state index contributed by atoms with van der Waals surface area (Å²) in [5, 5.41) is 11.9. The third-order valence-corrected chi connectivity index (χ3v) is 4.22. The average Bonchev–Trinajstić information content (AvgIpc) is 3.16. The zero-order chi connectivity index (χ0) is 17.8. The normalized spacial score (nSPS) is 15.0. The van der Waals surface area contributed by atoms with Gasteiger partial charge in [-0.15, -0.1) is 0 Å². The SMILES string of the molecule is O=C(O)c1cccc(C(=O)NC2CCN(C(=O)c3ccco3)CC2)c1. The Bertz CT molecular complexity index is 777. The third kappa shape index (κ3) is 3.88. The second kappa shape index (κ2) is 7.21. The van der Waals surface area contributed by atoms with Gasteiger partial charge in [0.1, 0.15) is 0 Å². The molecule has 25 heavy (non-hydrogen) atoms. The monoisotopic (exact) mass is 342 g/mol. The molecule has 2 aromatic rings. The van der Waals surface area contributed by atoms with Crippen LogP contribution in [0.1, 0.15) is 44.1 Å². The minimum atomic E-state index is -1.07. The third-order valence-electron chi connectivity index (χ3n) is 4.22. The number of amides is 2. The number of hydrogen-bond acceptors (Lipinski definition) is 4. The van der Waals surface area contributed by atoms with Crippen LogP contribution < -0.4 is 5.32 Å². The van der Waals surface area contributed by atoms with Crippen LogP contribution in [0.15, 0.2) is 47.1 Å². The van der Waals surface area contributed by atoms with Crippen molar-refractivity contribution in [3.8, 4) is 0 Å². The summed E-state index contributed by atoms with van der Waals surface area (Å²) < 4.78 is 5.12. The first kappa shape index (κ1) is 16.8. The van der Waals surface area contributed by atoms with Crippen molar-refractivity contribution in [1.82, 2.24) is 10.2 Å². The molecule has 1 aliphatic heterocycles. The molecular weight excluding hydrogens is 324 g/mol. The lowest BCUT2D eigenvalue weighted by Crippen LogP contribution is -2.46. The summed E-state index contributed by atoms with van der Waals surface area (Å²) in [6, 6.07) is 9.17. The molecule has 0 bridgehead atoms. The summed E-state index contributed by atoms with van der Waals surface area (Å²) in [7, 11) is 0. The smallest absolute Gasteiger partial charge is 0.335 e. The predicted octanol–water partition coefficient (Wildman–Crippen LogP) is 2.01. The number of carbonyl (C=O) groups is 3. The summed E-state index contributed by atoms with van der Waals surface area (Å²) in [4.78, 5) is 37.2.